The minimum absolute atomic E-state index is 0.0875. The number of amides is 2. The van der Waals surface area contributed by atoms with Crippen LogP contribution in [0.3, 0.4) is 0 Å². The number of carbonyl (C=O) groups is 2. The zero-order valence-electron chi connectivity index (χ0n) is 12.8. The molecule has 0 radical (unpaired) electrons. The van der Waals surface area contributed by atoms with Crippen LogP contribution in [0.4, 0.5) is 5.82 Å². The van der Waals surface area contributed by atoms with Gasteiger partial charge in [0.05, 0.1) is 0 Å². The maximum Gasteiger partial charge on any atom is 0.271 e. The summed E-state index contributed by atoms with van der Waals surface area (Å²) in [5, 5.41) is 16.2. The third-order valence-electron chi connectivity index (χ3n) is 2.54. The SMILES string of the molecule is CCCNc1ccc(C(=O)NCCC(=O)NC(C)C)nn1. The summed E-state index contributed by atoms with van der Waals surface area (Å²) in [6, 6.07) is 3.42. The van der Waals surface area contributed by atoms with E-state index >= 15 is 0 Å². The van der Waals surface area contributed by atoms with Crippen LogP contribution in [-0.4, -0.2) is 41.1 Å². The highest BCUT2D eigenvalue weighted by molar-refractivity contribution is 5.92. The van der Waals surface area contributed by atoms with Crippen LogP contribution < -0.4 is 16.0 Å². The van der Waals surface area contributed by atoms with E-state index in [1.54, 1.807) is 12.1 Å². The second-order valence-corrected chi connectivity index (χ2v) is 4.96. The second-order valence-electron chi connectivity index (χ2n) is 4.96. The fraction of sp³-hybridized carbons (Fsp3) is 0.571. The van der Waals surface area contributed by atoms with E-state index in [-0.39, 0.29) is 36.5 Å². The molecule has 3 N–H and O–H groups in total. The lowest BCUT2D eigenvalue weighted by Crippen LogP contribution is -2.34. The van der Waals surface area contributed by atoms with Gasteiger partial charge in [-0.05, 0) is 32.4 Å². The van der Waals surface area contributed by atoms with Gasteiger partial charge in [-0.2, -0.15) is 0 Å². The number of hydrogen-bond acceptors (Lipinski definition) is 5. The Morgan fingerprint density at radius 2 is 1.95 bits per heavy atom. The van der Waals surface area contributed by atoms with Crippen molar-refractivity contribution >= 4 is 17.6 Å². The highest BCUT2D eigenvalue weighted by Crippen LogP contribution is 2.02. The Hall–Kier alpha value is -2.18. The highest BCUT2D eigenvalue weighted by atomic mass is 16.2. The van der Waals surface area contributed by atoms with E-state index in [9.17, 15) is 9.59 Å². The topological polar surface area (TPSA) is 96.0 Å². The summed E-state index contributed by atoms with van der Waals surface area (Å²) in [6.45, 7) is 6.91. The third-order valence-corrected chi connectivity index (χ3v) is 2.54. The Balaban J connectivity index is 2.36. The molecule has 116 valence electrons. The van der Waals surface area contributed by atoms with Gasteiger partial charge in [0.2, 0.25) is 5.91 Å². The van der Waals surface area contributed by atoms with Gasteiger partial charge in [-0.15, -0.1) is 10.2 Å². The molecule has 2 amide bonds. The molecule has 1 aromatic rings. The van der Waals surface area contributed by atoms with Crippen LogP contribution in [0.25, 0.3) is 0 Å². The summed E-state index contributed by atoms with van der Waals surface area (Å²) < 4.78 is 0. The second kappa shape index (κ2) is 8.89. The van der Waals surface area contributed by atoms with E-state index in [1.807, 2.05) is 13.8 Å². The monoisotopic (exact) mass is 293 g/mol. The Morgan fingerprint density at radius 3 is 2.52 bits per heavy atom. The van der Waals surface area contributed by atoms with E-state index in [1.165, 1.54) is 0 Å². The summed E-state index contributed by atoms with van der Waals surface area (Å²) in [4.78, 5) is 23.2. The maximum absolute atomic E-state index is 11.8. The molecule has 0 unspecified atom stereocenters. The first kappa shape index (κ1) is 16.9. The zero-order valence-corrected chi connectivity index (χ0v) is 12.8. The van der Waals surface area contributed by atoms with Gasteiger partial charge in [-0.25, -0.2) is 0 Å². The van der Waals surface area contributed by atoms with Gasteiger partial charge in [0.15, 0.2) is 5.69 Å². The Kier molecular flexibility index (Phi) is 7.14. The van der Waals surface area contributed by atoms with Crippen LogP contribution in [0, 0.1) is 0 Å². The molecule has 1 rings (SSSR count). The molecule has 0 aliphatic carbocycles. The first-order chi connectivity index (χ1) is 10.0. The molecule has 0 aliphatic rings. The van der Waals surface area contributed by atoms with Crippen LogP contribution in [0.2, 0.25) is 0 Å². The third kappa shape index (κ3) is 6.69. The van der Waals surface area contributed by atoms with Gasteiger partial charge in [0.1, 0.15) is 5.82 Å². The van der Waals surface area contributed by atoms with E-state index in [0.29, 0.717) is 5.82 Å². The van der Waals surface area contributed by atoms with Crippen LogP contribution in [0.1, 0.15) is 44.1 Å². The predicted octanol–water partition coefficient (Wildman–Crippen LogP) is 0.943. The van der Waals surface area contributed by atoms with Gasteiger partial charge in [-0.3, -0.25) is 9.59 Å². The predicted molar refractivity (Wildman–Crippen MR) is 81.0 cm³/mol. The van der Waals surface area contributed by atoms with Gasteiger partial charge in [-0.1, -0.05) is 6.92 Å². The Bertz CT molecular complexity index is 459. The lowest BCUT2D eigenvalue weighted by Gasteiger charge is -2.08. The van der Waals surface area contributed by atoms with E-state index in [4.69, 9.17) is 0 Å². The summed E-state index contributed by atoms with van der Waals surface area (Å²) >= 11 is 0. The molecule has 0 aromatic carbocycles. The minimum Gasteiger partial charge on any atom is -0.369 e. The van der Waals surface area contributed by atoms with Crippen molar-refractivity contribution in [1.29, 1.82) is 0 Å². The molecule has 1 heterocycles. The van der Waals surface area contributed by atoms with Gasteiger partial charge >= 0.3 is 0 Å². The molecule has 7 nitrogen and oxygen atoms in total. The molecule has 21 heavy (non-hydrogen) atoms. The lowest BCUT2D eigenvalue weighted by molar-refractivity contribution is -0.121. The average molecular weight is 293 g/mol. The molecule has 0 saturated carbocycles. The van der Waals surface area contributed by atoms with Crippen molar-refractivity contribution in [3.05, 3.63) is 17.8 Å². The first-order valence-corrected chi connectivity index (χ1v) is 7.18. The first-order valence-electron chi connectivity index (χ1n) is 7.18. The minimum atomic E-state index is -0.332. The standard InChI is InChI=1S/C14H23N5O2/c1-4-8-15-12-6-5-11(18-19-12)14(21)16-9-7-13(20)17-10(2)3/h5-6,10H,4,7-9H2,1-3H3,(H,15,19)(H,16,21)(H,17,20). The number of anilines is 1. The molecule has 0 atom stereocenters. The van der Waals surface area contributed by atoms with Crippen molar-refractivity contribution in [1.82, 2.24) is 20.8 Å². The van der Waals surface area contributed by atoms with Crippen molar-refractivity contribution in [3.63, 3.8) is 0 Å². The normalized spacial score (nSPS) is 10.3. The molecule has 7 heteroatoms. The van der Waals surface area contributed by atoms with Crippen molar-refractivity contribution in [2.75, 3.05) is 18.4 Å². The molecule has 0 spiro atoms. The molecule has 0 fully saturated rings. The van der Waals surface area contributed by atoms with Crippen molar-refractivity contribution < 1.29 is 9.59 Å². The molecule has 0 saturated heterocycles. The van der Waals surface area contributed by atoms with Crippen LogP contribution >= 0.6 is 0 Å². The summed E-state index contributed by atoms with van der Waals surface area (Å²) in [6.07, 6.45) is 1.23. The molecular weight excluding hydrogens is 270 g/mol. The fourth-order valence-electron chi connectivity index (χ4n) is 1.57. The van der Waals surface area contributed by atoms with Crippen molar-refractivity contribution in [2.24, 2.45) is 0 Å². The lowest BCUT2D eigenvalue weighted by atomic mass is 10.3. The molecule has 0 aliphatic heterocycles. The zero-order chi connectivity index (χ0) is 15.7. The van der Waals surface area contributed by atoms with Crippen LogP contribution in [0.5, 0.6) is 0 Å². The number of rotatable bonds is 8. The Labute approximate surface area is 124 Å². The smallest absolute Gasteiger partial charge is 0.271 e. The largest absolute Gasteiger partial charge is 0.369 e. The van der Waals surface area contributed by atoms with E-state index < -0.39 is 0 Å². The number of nitrogens with zero attached hydrogens (tertiary/aromatic N) is 2. The summed E-state index contributed by atoms with van der Waals surface area (Å²) in [7, 11) is 0. The number of carbonyl (C=O) groups excluding carboxylic acids is 2. The average Bonchev–Trinajstić information content (AvgIpc) is 2.44. The van der Waals surface area contributed by atoms with Crippen LogP contribution in [-0.2, 0) is 4.79 Å². The molecule has 0 bridgehead atoms. The van der Waals surface area contributed by atoms with Crippen molar-refractivity contribution in [2.45, 2.75) is 39.7 Å². The summed E-state index contributed by atoms with van der Waals surface area (Å²) in [5.41, 5.74) is 0.237. The number of aromatic nitrogens is 2. The fourth-order valence-corrected chi connectivity index (χ4v) is 1.57. The maximum atomic E-state index is 11.8. The number of hydrogen-bond donors (Lipinski definition) is 3. The van der Waals surface area contributed by atoms with Gasteiger partial charge < -0.3 is 16.0 Å². The highest BCUT2D eigenvalue weighted by Gasteiger charge is 2.09. The quantitative estimate of drug-likeness (QED) is 0.663. The van der Waals surface area contributed by atoms with E-state index in [2.05, 4.69) is 33.1 Å². The summed E-state index contributed by atoms with van der Waals surface area (Å²) in [5.74, 6) is 0.224. The Morgan fingerprint density at radius 1 is 1.19 bits per heavy atom. The van der Waals surface area contributed by atoms with Gasteiger partial charge in [0, 0.05) is 25.6 Å². The molecule has 1 aromatic heterocycles. The van der Waals surface area contributed by atoms with Crippen molar-refractivity contribution in [3.8, 4) is 0 Å². The molecular formula is C14H23N5O2. The van der Waals surface area contributed by atoms with E-state index in [0.717, 1.165) is 13.0 Å². The number of nitrogens with one attached hydrogen (secondary N) is 3. The van der Waals surface area contributed by atoms with Crippen LogP contribution in [0.15, 0.2) is 12.1 Å². The van der Waals surface area contributed by atoms with Gasteiger partial charge in [0.25, 0.3) is 5.91 Å².